The predicted molar refractivity (Wildman–Crippen MR) is 117 cm³/mol. The highest BCUT2D eigenvalue weighted by Crippen LogP contribution is 2.26. The van der Waals surface area contributed by atoms with Gasteiger partial charge in [-0.2, -0.15) is 10.2 Å². The second-order valence-corrected chi connectivity index (χ2v) is 7.96. The minimum atomic E-state index is -2.67. The summed E-state index contributed by atoms with van der Waals surface area (Å²) in [6, 6.07) is 8.44. The van der Waals surface area contributed by atoms with E-state index in [1.807, 2.05) is 6.07 Å². The zero-order valence-corrected chi connectivity index (χ0v) is 18.1. The van der Waals surface area contributed by atoms with Crippen molar-refractivity contribution < 1.29 is 18.3 Å². The Morgan fingerprint density at radius 2 is 2.15 bits per heavy atom. The molecule has 11 heteroatoms. The van der Waals surface area contributed by atoms with E-state index < -0.39 is 12.0 Å². The fourth-order valence-corrected chi connectivity index (χ4v) is 3.61. The zero-order valence-electron chi connectivity index (χ0n) is 18.1. The normalized spacial score (nSPS) is 15.5. The number of likely N-dealkylation sites (tertiary alicyclic amines) is 1. The van der Waals surface area contributed by atoms with Crippen molar-refractivity contribution in [3.63, 3.8) is 0 Å². The predicted octanol–water partition coefficient (Wildman–Crippen LogP) is 2.45. The molecule has 0 spiro atoms. The first-order chi connectivity index (χ1) is 15.8. The van der Waals surface area contributed by atoms with Gasteiger partial charge in [0.1, 0.15) is 18.0 Å². The van der Waals surface area contributed by atoms with Gasteiger partial charge in [-0.3, -0.25) is 19.7 Å². The molecule has 1 aliphatic heterocycles. The van der Waals surface area contributed by atoms with Crippen molar-refractivity contribution in [2.45, 2.75) is 18.8 Å². The van der Waals surface area contributed by atoms with Gasteiger partial charge in [-0.05, 0) is 17.7 Å². The average Bonchev–Trinajstić information content (AvgIpc) is 3.34. The third-order valence-electron chi connectivity index (χ3n) is 5.27. The van der Waals surface area contributed by atoms with E-state index in [2.05, 4.69) is 15.5 Å². The SMILES string of the molecule is Cn1cc(-n2ccc(=O)c(Cc3cccc(NC(=O)OCCN4CCC(F)(F)C4)c3)n2)cn1. The van der Waals surface area contributed by atoms with Crippen molar-refractivity contribution in [2.24, 2.45) is 7.05 Å². The van der Waals surface area contributed by atoms with Crippen molar-refractivity contribution in [3.8, 4) is 5.69 Å². The number of nitrogens with zero attached hydrogens (tertiary/aromatic N) is 5. The quantitative estimate of drug-likeness (QED) is 0.585. The number of carbonyl (C=O) groups is 1. The first-order valence-corrected chi connectivity index (χ1v) is 10.5. The Hall–Kier alpha value is -3.60. The number of alkyl halides is 2. The van der Waals surface area contributed by atoms with E-state index in [-0.39, 0.29) is 44.5 Å². The van der Waals surface area contributed by atoms with Gasteiger partial charge >= 0.3 is 6.09 Å². The molecular weight excluding hydrogens is 434 g/mol. The highest BCUT2D eigenvalue weighted by Gasteiger charge is 2.37. The Bertz CT molecular complexity index is 1190. The third-order valence-corrected chi connectivity index (χ3v) is 5.27. The zero-order chi connectivity index (χ0) is 23.4. The van der Waals surface area contributed by atoms with Crippen LogP contribution in [-0.4, -0.2) is 62.7 Å². The van der Waals surface area contributed by atoms with Crippen LogP contribution in [0.25, 0.3) is 5.69 Å². The van der Waals surface area contributed by atoms with Crippen molar-refractivity contribution in [3.05, 3.63) is 70.4 Å². The molecule has 0 unspecified atom stereocenters. The van der Waals surface area contributed by atoms with Crippen LogP contribution in [-0.2, 0) is 18.2 Å². The minimum absolute atomic E-state index is 0.0173. The first-order valence-electron chi connectivity index (χ1n) is 10.5. The van der Waals surface area contributed by atoms with E-state index in [9.17, 15) is 18.4 Å². The highest BCUT2D eigenvalue weighted by atomic mass is 19.3. The number of ether oxygens (including phenoxy) is 1. The maximum Gasteiger partial charge on any atom is 0.411 e. The van der Waals surface area contributed by atoms with Crippen LogP contribution in [0.2, 0.25) is 0 Å². The molecule has 1 aliphatic rings. The molecule has 3 aromatic rings. The van der Waals surface area contributed by atoms with Crippen molar-refractivity contribution in [1.82, 2.24) is 24.5 Å². The lowest BCUT2D eigenvalue weighted by Crippen LogP contribution is -2.29. The molecule has 174 valence electrons. The van der Waals surface area contributed by atoms with Crippen LogP contribution in [0, 0.1) is 0 Å². The van der Waals surface area contributed by atoms with Gasteiger partial charge in [0.15, 0.2) is 0 Å². The molecule has 33 heavy (non-hydrogen) atoms. The number of anilines is 1. The van der Waals surface area contributed by atoms with Gasteiger partial charge in [-0.15, -0.1) is 0 Å². The number of amides is 1. The Balaban J connectivity index is 1.34. The number of hydrogen-bond donors (Lipinski definition) is 1. The summed E-state index contributed by atoms with van der Waals surface area (Å²) in [5.41, 5.74) is 2.16. The van der Waals surface area contributed by atoms with Gasteiger partial charge in [-0.25, -0.2) is 18.3 Å². The minimum Gasteiger partial charge on any atom is -0.448 e. The smallest absolute Gasteiger partial charge is 0.411 e. The molecule has 0 saturated carbocycles. The molecule has 9 nitrogen and oxygen atoms in total. The Morgan fingerprint density at radius 3 is 2.88 bits per heavy atom. The van der Waals surface area contributed by atoms with E-state index in [0.29, 0.717) is 11.4 Å². The first kappa shape index (κ1) is 22.6. The molecule has 2 aromatic heterocycles. The lowest BCUT2D eigenvalue weighted by Gasteiger charge is -2.15. The van der Waals surface area contributed by atoms with Crippen molar-refractivity contribution in [1.29, 1.82) is 0 Å². The number of aryl methyl sites for hydroxylation is 1. The van der Waals surface area contributed by atoms with Gasteiger partial charge in [0.05, 0.1) is 18.9 Å². The molecule has 1 aromatic carbocycles. The van der Waals surface area contributed by atoms with Gasteiger partial charge in [0, 0.05) is 50.9 Å². The summed E-state index contributed by atoms with van der Waals surface area (Å²) in [6.45, 7) is 0.251. The molecule has 1 amide bonds. The number of hydrogen-bond acceptors (Lipinski definition) is 6. The molecule has 0 bridgehead atoms. The van der Waals surface area contributed by atoms with Crippen molar-refractivity contribution >= 4 is 11.8 Å². The molecule has 1 N–H and O–H groups in total. The molecule has 1 fully saturated rings. The molecule has 4 rings (SSSR count). The Morgan fingerprint density at radius 1 is 1.30 bits per heavy atom. The summed E-state index contributed by atoms with van der Waals surface area (Å²) in [6.07, 6.45) is 4.44. The third kappa shape index (κ3) is 6.01. The van der Waals surface area contributed by atoms with Crippen LogP contribution in [0.5, 0.6) is 0 Å². The molecule has 1 saturated heterocycles. The van der Waals surface area contributed by atoms with Crippen molar-refractivity contribution in [2.75, 3.05) is 31.6 Å². The number of benzene rings is 1. The monoisotopic (exact) mass is 458 g/mol. The summed E-state index contributed by atoms with van der Waals surface area (Å²) in [5.74, 6) is -2.67. The summed E-state index contributed by atoms with van der Waals surface area (Å²) < 4.78 is 34.7. The number of aromatic nitrogens is 4. The second-order valence-electron chi connectivity index (χ2n) is 7.96. The largest absolute Gasteiger partial charge is 0.448 e. The van der Waals surface area contributed by atoms with Crippen LogP contribution < -0.4 is 10.7 Å². The van der Waals surface area contributed by atoms with E-state index in [1.165, 1.54) is 6.07 Å². The van der Waals surface area contributed by atoms with E-state index in [4.69, 9.17) is 4.74 Å². The van der Waals surface area contributed by atoms with Gasteiger partial charge in [0.2, 0.25) is 5.43 Å². The van der Waals surface area contributed by atoms with Crippen LogP contribution in [0.1, 0.15) is 17.7 Å². The van der Waals surface area contributed by atoms with E-state index >= 15 is 0 Å². The lowest BCUT2D eigenvalue weighted by atomic mass is 10.1. The molecule has 0 radical (unpaired) electrons. The Labute approximate surface area is 188 Å². The molecular formula is C22H24F2N6O3. The molecule has 3 heterocycles. The lowest BCUT2D eigenvalue weighted by molar-refractivity contribution is 0.0108. The van der Waals surface area contributed by atoms with E-state index in [1.54, 1.807) is 58.1 Å². The van der Waals surface area contributed by atoms with Gasteiger partial charge in [-0.1, -0.05) is 12.1 Å². The van der Waals surface area contributed by atoms with Gasteiger partial charge in [0.25, 0.3) is 5.92 Å². The molecule has 0 aliphatic carbocycles. The Kier molecular flexibility index (Phi) is 6.50. The summed E-state index contributed by atoms with van der Waals surface area (Å²) in [4.78, 5) is 25.9. The number of carbonyl (C=O) groups excluding carboxylic acids is 1. The van der Waals surface area contributed by atoms with Crippen LogP contribution in [0.15, 0.2) is 53.7 Å². The van der Waals surface area contributed by atoms with E-state index in [0.717, 1.165) is 11.3 Å². The number of nitrogens with one attached hydrogen (secondary N) is 1. The second kappa shape index (κ2) is 9.49. The topological polar surface area (TPSA) is 94.3 Å². The number of rotatable bonds is 7. The highest BCUT2D eigenvalue weighted by molar-refractivity contribution is 5.84. The van der Waals surface area contributed by atoms with Crippen LogP contribution in [0.4, 0.5) is 19.3 Å². The maximum atomic E-state index is 13.2. The van der Waals surface area contributed by atoms with Crippen LogP contribution in [0.3, 0.4) is 0 Å². The number of halogens is 2. The summed E-state index contributed by atoms with van der Waals surface area (Å²) in [7, 11) is 1.79. The summed E-state index contributed by atoms with van der Waals surface area (Å²) >= 11 is 0. The maximum absolute atomic E-state index is 13.2. The fraction of sp³-hybridized carbons (Fsp3) is 0.364. The summed E-state index contributed by atoms with van der Waals surface area (Å²) in [5, 5.41) is 11.1. The molecule has 0 atom stereocenters. The van der Waals surface area contributed by atoms with Crippen LogP contribution >= 0.6 is 0 Å². The fourth-order valence-electron chi connectivity index (χ4n) is 3.61. The van der Waals surface area contributed by atoms with Gasteiger partial charge < -0.3 is 4.74 Å². The standard InChI is InChI=1S/C22H24F2N6O3/c1-28-14-18(13-25-28)30-7-5-20(31)19(27-30)12-16-3-2-4-17(11-16)26-21(32)33-10-9-29-8-6-22(23,24)15-29/h2-5,7,11,13-14H,6,8-10,12,15H2,1H3,(H,26,32). The average molecular weight is 458 g/mol.